The van der Waals surface area contributed by atoms with Crippen molar-refractivity contribution >= 4 is 40.8 Å². The van der Waals surface area contributed by atoms with Gasteiger partial charge in [0.05, 0.1) is 0 Å². The number of hydrogen-bond donors (Lipinski definition) is 3. The molecule has 0 fully saturated rings. The maximum Gasteiger partial charge on any atom is 0.191 e. The molecule has 0 aliphatic rings. The summed E-state index contributed by atoms with van der Waals surface area (Å²) in [6.07, 6.45) is 4.79. The van der Waals surface area contributed by atoms with Crippen LogP contribution in [0.25, 0.3) is 10.9 Å². The van der Waals surface area contributed by atoms with Gasteiger partial charge in [0.2, 0.25) is 0 Å². The lowest BCUT2D eigenvalue weighted by Crippen LogP contribution is -2.38. The van der Waals surface area contributed by atoms with Crippen molar-refractivity contribution < 1.29 is 0 Å². The first-order valence-electron chi connectivity index (χ1n) is 10.9. The highest BCUT2D eigenvalue weighted by Gasteiger charge is 2.08. The van der Waals surface area contributed by atoms with Gasteiger partial charge in [0, 0.05) is 48.6 Å². The van der Waals surface area contributed by atoms with E-state index in [1.165, 1.54) is 27.7 Å². The Hall–Kier alpha value is -2.81. The molecule has 0 amide bonds. The molecule has 0 saturated heterocycles. The van der Waals surface area contributed by atoms with Crippen molar-refractivity contribution in [3.05, 3.63) is 89.6 Å². The van der Waals surface area contributed by atoms with Crippen LogP contribution in [0.2, 0.25) is 0 Å². The maximum absolute atomic E-state index is 4.77. The predicted octanol–water partition coefficient (Wildman–Crippen LogP) is 4.64. The topological polar surface area (TPSA) is 70.0 Å². The summed E-state index contributed by atoms with van der Waals surface area (Å²) in [6.45, 7) is 7.18. The number of fused-ring (bicyclic) bond motifs is 1. The van der Waals surface area contributed by atoms with Gasteiger partial charge in [-0.2, -0.15) is 0 Å². The van der Waals surface area contributed by atoms with Gasteiger partial charge in [0.15, 0.2) is 5.96 Å². The molecule has 3 N–H and O–H groups in total. The number of benzene rings is 2. The minimum absolute atomic E-state index is 0. The number of imidazole rings is 1. The third-order valence-electron chi connectivity index (χ3n) is 5.41. The SMILES string of the molecule is CCNC(=NCc1nccn1Cc1ccccc1)NCCc1c(C)[nH]c2ccccc12.I. The minimum atomic E-state index is 0. The molecule has 4 rings (SSSR count). The molecule has 4 aromatic rings. The van der Waals surface area contributed by atoms with E-state index in [1.54, 1.807) is 0 Å². The third kappa shape index (κ3) is 5.91. The highest BCUT2D eigenvalue weighted by atomic mass is 127. The Balaban J connectivity index is 0.00000289. The van der Waals surface area contributed by atoms with E-state index in [1.807, 2.05) is 18.5 Å². The lowest BCUT2D eigenvalue weighted by atomic mass is 10.1. The van der Waals surface area contributed by atoms with Crippen molar-refractivity contribution in [1.29, 1.82) is 0 Å². The van der Waals surface area contributed by atoms with Gasteiger partial charge in [0.25, 0.3) is 0 Å². The molecular weight excluding hydrogens is 511 g/mol. The fourth-order valence-electron chi connectivity index (χ4n) is 3.87. The van der Waals surface area contributed by atoms with E-state index in [-0.39, 0.29) is 24.0 Å². The quantitative estimate of drug-likeness (QED) is 0.173. The van der Waals surface area contributed by atoms with Crippen LogP contribution in [-0.2, 0) is 19.5 Å². The van der Waals surface area contributed by atoms with E-state index in [4.69, 9.17) is 4.99 Å². The van der Waals surface area contributed by atoms with Crippen molar-refractivity contribution in [2.75, 3.05) is 13.1 Å². The van der Waals surface area contributed by atoms with Crippen LogP contribution in [0.1, 0.15) is 29.6 Å². The Labute approximate surface area is 206 Å². The summed E-state index contributed by atoms with van der Waals surface area (Å²) in [5.41, 5.74) is 5.04. The fraction of sp³-hybridized carbons (Fsp3) is 0.280. The van der Waals surface area contributed by atoms with E-state index in [2.05, 4.69) is 87.5 Å². The number of aliphatic imine (C=N–C) groups is 1. The van der Waals surface area contributed by atoms with Crippen LogP contribution in [0.4, 0.5) is 0 Å². The normalized spacial score (nSPS) is 11.4. The number of nitrogens with zero attached hydrogens (tertiary/aromatic N) is 3. The second kappa shape index (κ2) is 11.7. The van der Waals surface area contributed by atoms with E-state index < -0.39 is 0 Å². The molecule has 2 aromatic heterocycles. The van der Waals surface area contributed by atoms with E-state index in [0.717, 1.165) is 37.8 Å². The standard InChI is InChI=1S/C25H30N6.HI/c1-3-26-25(28-14-13-21-19(2)30-23-12-8-7-11-22(21)23)29-17-24-27-15-16-31(24)18-20-9-5-4-6-10-20;/h4-12,15-16,30H,3,13-14,17-18H2,1-2H3,(H2,26,28,29);1H. The van der Waals surface area contributed by atoms with Crippen molar-refractivity contribution in [3.63, 3.8) is 0 Å². The van der Waals surface area contributed by atoms with Crippen LogP contribution >= 0.6 is 24.0 Å². The first-order valence-corrected chi connectivity index (χ1v) is 10.9. The van der Waals surface area contributed by atoms with Gasteiger partial charge < -0.3 is 20.2 Å². The summed E-state index contributed by atoms with van der Waals surface area (Å²) in [4.78, 5) is 12.7. The number of H-pyrrole nitrogens is 1. The Morgan fingerprint density at radius 1 is 1.06 bits per heavy atom. The molecule has 0 saturated carbocycles. The second-order valence-corrected chi connectivity index (χ2v) is 7.60. The summed E-state index contributed by atoms with van der Waals surface area (Å²) in [5.74, 6) is 1.77. The molecule has 6 nitrogen and oxygen atoms in total. The zero-order valence-electron chi connectivity index (χ0n) is 18.6. The zero-order valence-corrected chi connectivity index (χ0v) is 21.0. The van der Waals surface area contributed by atoms with Gasteiger partial charge >= 0.3 is 0 Å². The Bertz CT molecular complexity index is 1150. The van der Waals surface area contributed by atoms with E-state index >= 15 is 0 Å². The highest BCUT2D eigenvalue weighted by Crippen LogP contribution is 2.21. The summed E-state index contributed by atoms with van der Waals surface area (Å²) in [5, 5.41) is 8.11. The molecule has 0 radical (unpaired) electrons. The highest BCUT2D eigenvalue weighted by molar-refractivity contribution is 14.0. The van der Waals surface area contributed by atoms with Crippen molar-refractivity contribution in [1.82, 2.24) is 25.2 Å². The van der Waals surface area contributed by atoms with Crippen LogP contribution in [-0.4, -0.2) is 33.6 Å². The molecule has 0 spiro atoms. The fourth-order valence-corrected chi connectivity index (χ4v) is 3.87. The Morgan fingerprint density at radius 2 is 1.84 bits per heavy atom. The summed E-state index contributed by atoms with van der Waals surface area (Å²) < 4.78 is 2.15. The summed E-state index contributed by atoms with van der Waals surface area (Å²) in [7, 11) is 0. The number of hydrogen-bond acceptors (Lipinski definition) is 2. The van der Waals surface area contributed by atoms with E-state index in [0.29, 0.717) is 6.54 Å². The summed E-state index contributed by atoms with van der Waals surface area (Å²) >= 11 is 0. The van der Waals surface area contributed by atoms with Crippen LogP contribution in [0.15, 0.2) is 72.0 Å². The van der Waals surface area contributed by atoms with Gasteiger partial charge in [0.1, 0.15) is 12.4 Å². The molecule has 0 atom stereocenters. The van der Waals surface area contributed by atoms with Gasteiger partial charge in [-0.15, -0.1) is 24.0 Å². The Morgan fingerprint density at radius 3 is 2.66 bits per heavy atom. The third-order valence-corrected chi connectivity index (χ3v) is 5.41. The first-order chi connectivity index (χ1) is 15.2. The number of aryl methyl sites for hydroxylation is 1. The molecule has 0 aliphatic carbocycles. The number of aromatic nitrogens is 3. The number of halogens is 1. The van der Waals surface area contributed by atoms with Crippen LogP contribution in [0.3, 0.4) is 0 Å². The number of para-hydroxylation sites is 1. The van der Waals surface area contributed by atoms with Gasteiger partial charge in [-0.3, -0.25) is 0 Å². The maximum atomic E-state index is 4.77. The van der Waals surface area contributed by atoms with Crippen LogP contribution < -0.4 is 10.6 Å². The minimum Gasteiger partial charge on any atom is -0.358 e. The number of nitrogens with one attached hydrogen (secondary N) is 3. The monoisotopic (exact) mass is 542 g/mol. The van der Waals surface area contributed by atoms with Crippen molar-refractivity contribution in [2.45, 2.75) is 33.4 Å². The predicted molar refractivity (Wildman–Crippen MR) is 143 cm³/mol. The molecule has 32 heavy (non-hydrogen) atoms. The van der Waals surface area contributed by atoms with Crippen LogP contribution in [0, 0.1) is 6.92 Å². The first kappa shape index (κ1) is 23.8. The van der Waals surface area contributed by atoms with Crippen LogP contribution in [0.5, 0.6) is 0 Å². The lowest BCUT2D eigenvalue weighted by molar-refractivity contribution is 0.716. The average Bonchev–Trinajstić information content (AvgIpc) is 3.36. The molecule has 0 aliphatic heterocycles. The van der Waals surface area contributed by atoms with Crippen molar-refractivity contribution in [2.24, 2.45) is 4.99 Å². The number of guanidine groups is 1. The molecule has 2 aromatic carbocycles. The number of rotatable bonds is 8. The number of aromatic amines is 1. The Kier molecular flexibility index (Phi) is 8.72. The zero-order chi connectivity index (χ0) is 21.5. The molecule has 7 heteroatoms. The molecule has 0 bridgehead atoms. The largest absolute Gasteiger partial charge is 0.358 e. The lowest BCUT2D eigenvalue weighted by Gasteiger charge is -2.12. The smallest absolute Gasteiger partial charge is 0.191 e. The van der Waals surface area contributed by atoms with Gasteiger partial charge in [-0.25, -0.2) is 9.98 Å². The molecular formula is C25H31IN6. The van der Waals surface area contributed by atoms with Gasteiger partial charge in [-0.1, -0.05) is 48.5 Å². The van der Waals surface area contributed by atoms with Crippen molar-refractivity contribution in [3.8, 4) is 0 Å². The average molecular weight is 542 g/mol. The second-order valence-electron chi connectivity index (χ2n) is 7.60. The van der Waals surface area contributed by atoms with Gasteiger partial charge in [-0.05, 0) is 37.5 Å². The summed E-state index contributed by atoms with van der Waals surface area (Å²) in [6, 6.07) is 18.9. The van der Waals surface area contributed by atoms with E-state index in [9.17, 15) is 0 Å². The molecule has 168 valence electrons. The molecule has 2 heterocycles. The molecule has 0 unspecified atom stereocenters.